The number of benzene rings is 7. The van der Waals surface area contributed by atoms with Crippen molar-refractivity contribution in [3.8, 4) is 51.8 Å². The highest BCUT2D eigenvalue weighted by Crippen LogP contribution is 2.39. The smallest absolute Gasteiger partial charge is 0.0992 e. The maximum Gasteiger partial charge on any atom is 0.0992 e. The molecule has 50 heavy (non-hydrogen) atoms. The molecule has 0 aliphatic rings. The van der Waals surface area contributed by atoms with Crippen LogP contribution in [0.3, 0.4) is 0 Å². The van der Waals surface area contributed by atoms with Gasteiger partial charge in [-0.15, -0.1) is 0 Å². The second-order valence-electron chi connectivity index (χ2n) is 12.4. The zero-order valence-corrected chi connectivity index (χ0v) is 26.7. The summed E-state index contributed by atoms with van der Waals surface area (Å²) < 4.78 is 4.44. The van der Waals surface area contributed by atoms with Gasteiger partial charge in [0, 0.05) is 32.8 Å². The lowest BCUT2D eigenvalue weighted by atomic mass is 9.94. The lowest BCUT2D eigenvalue weighted by Gasteiger charge is -2.16. The molecule has 0 N–H and O–H groups in total. The van der Waals surface area contributed by atoms with Crippen molar-refractivity contribution in [2.75, 3.05) is 0 Å². The van der Waals surface area contributed by atoms with Crippen molar-refractivity contribution in [3.05, 3.63) is 168 Å². The summed E-state index contributed by atoms with van der Waals surface area (Å²) in [7, 11) is 0. The van der Waals surface area contributed by atoms with E-state index in [0.717, 1.165) is 66.5 Å². The average Bonchev–Trinajstić information content (AvgIpc) is 3.70. The fourth-order valence-corrected chi connectivity index (χ4v) is 7.40. The predicted molar refractivity (Wildman–Crippen MR) is 200 cm³/mol. The van der Waals surface area contributed by atoms with Gasteiger partial charge in [0.15, 0.2) is 0 Å². The van der Waals surface area contributed by atoms with E-state index < -0.39 is 0 Å². The Morgan fingerprint density at radius 3 is 1.52 bits per heavy atom. The van der Waals surface area contributed by atoms with E-state index in [1.54, 1.807) is 0 Å². The second-order valence-corrected chi connectivity index (χ2v) is 12.4. The van der Waals surface area contributed by atoms with Gasteiger partial charge in [-0.25, -0.2) is 0 Å². The molecule has 0 saturated carbocycles. The molecule has 0 radical (unpaired) electrons. The molecule has 0 bridgehead atoms. The number of hydrogen-bond donors (Lipinski definition) is 0. The number of nitrogens with zero attached hydrogens (tertiary/aromatic N) is 5. The van der Waals surface area contributed by atoms with Crippen molar-refractivity contribution >= 4 is 43.6 Å². The van der Waals surface area contributed by atoms with E-state index >= 15 is 0 Å². The summed E-state index contributed by atoms with van der Waals surface area (Å²) >= 11 is 0. The molecule has 0 saturated heterocycles. The Bertz CT molecular complexity index is 2920. The lowest BCUT2D eigenvalue weighted by Crippen LogP contribution is -1.98. The summed E-state index contributed by atoms with van der Waals surface area (Å²) in [4.78, 5) is 0. The predicted octanol–water partition coefficient (Wildman–Crippen LogP) is 10.8. The Labute approximate surface area is 287 Å². The standard InChI is InChI=1S/C45H25N5/c46-26-29-17-18-45-40(23-29)39-12-4-6-14-42(39)49(45)35-22-31(28-48)20-33(25-35)32-19-30(27-47)21-34(24-32)36-9-1-5-13-41(36)50-43-15-7-2-10-37(43)38-11-3-8-16-44(38)50/h1-25H. The van der Waals surface area contributed by atoms with Crippen LogP contribution < -0.4 is 0 Å². The van der Waals surface area contributed by atoms with Crippen LogP contribution in [0.15, 0.2) is 152 Å². The van der Waals surface area contributed by atoms with Crippen LogP contribution >= 0.6 is 0 Å². The highest BCUT2D eigenvalue weighted by Gasteiger charge is 2.18. The molecule has 5 nitrogen and oxygen atoms in total. The summed E-state index contributed by atoms with van der Waals surface area (Å²) in [6.45, 7) is 0. The summed E-state index contributed by atoms with van der Waals surface area (Å²) in [5, 5.41) is 34.5. The minimum Gasteiger partial charge on any atom is -0.309 e. The fraction of sp³-hybridized carbons (Fsp3) is 0. The Balaban J connectivity index is 1.26. The first-order valence-electron chi connectivity index (χ1n) is 16.3. The van der Waals surface area contributed by atoms with Crippen LogP contribution in [0.2, 0.25) is 0 Å². The van der Waals surface area contributed by atoms with Crippen molar-refractivity contribution in [1.29, 1.82) is 15.8 Å². The van der Waals surface area contributed by atoms with Gasteiger partial charge in [0.25, 0.3) is 0 Å². The summed E-state index contributed by atoms with van der Waals surface area (Å²) in [6, 6.07) is 57.8. The van der Waals surface area contributed by atoms with Crippen LogP contribution in [0.1, 0.15) is 16.7 Å². The van der Waals surface area contributed by atoms with Crippen molar-refractivity contribution in [2.45, 2.75) is 0 Å². The highest BCUT2D eigenvalue weighted by molar-refractivity contribution is 6.11. The molecule has 9 rings (SSSR count). The van der Waals surface area contributed by atoms with Gasteiger partial charge in [0.2, 0.25) is 0 Å². The molecule has 0 aliphatic heterocycles. The van der Waals surface area contributed by atoms with Gasteiger partial charge >= 0.3 is 0 Å². The Kier molecular flexibility index (Phi) is 6.56. The molecule has 9 aromatic rings. The average molecular weight is 636 g/mol. The number of rotatable bonds is 4. The quantitative estimate of drug-likeness (QED) is 0.193. The van der Waals surface area contributed by atoms with Crippen LogP contribution in [-0.4, -0.2) is 9.13 Å². The van der Waals surface area contributed by atoms with Gasteiger partial charge in [-0.3, -0.25) is 0 Å². The van der Waals surface area contributed by atoms with Gasteiger partial charge in [0.05, 0.1) is 62.7 Å². The molecule has 2 heterocycles. The van der Waals surface area contributed by atoms with E-state index in [2.05, 4.69) is 112 Å². The van der Waals surface area contributed by atoms with Crippen molar-refractivity contribution in [3.63, 3.8) is 0 Å². The van der Waals surface area contributed by atoms with Crippen molar-refractivity contribution in [2.24, 2.45) is 0 Å². The van der Waals surface area contributed by atoms with Crippen LogP contribution in [0, 0.1) is 34.0 Å². The molecular formula is C45H25N5. The lowest BCUT2D eigenvalue weighted by molar-refractivity contribution is 1.18. The largest absolute Gasteiger partial charge is 0.309 e. The molecule has 7 aromatic carbocycles. The van der Waals surface area contributed by atoms with Gasteiger partial charge in [-0.2, -0.15) is 15.8 Å². The molecule has 0 amide bonds. The zero-order chi connectivity index (χ0) is 33.8. The SMILES string of the molecule is N#Cc1cc(-c2cc(C#N)cc(-n3c4ccccc4c4cc(C#N)ccc43)c2)cc(-c2ccccc2-n2c3ccccc3c3ccccc32)c1. The normalized spacial score (nSPS) is 11.1. The number of aromatic nitrogens is 2. The van der Waals surface area contributed by atoms with E-state index in [4.69, 9.17) is 0 Å². The molecule has 0 atom stereocenters. The van der Waals surface area contributed by atoms with Gasteiger partial charge in [0.1, 0.15) is 0 Å². The van der Waals surface area contributed by atoms with E-state index in [9.17, 15) is 15.8 Å². The number of nitriles is 3. The first-order chi connectivity index (χ1) is 24.6. The summed E-state index contributed by atoms with van der Waals surface area (Å²) in [6.07, 6.45) is 0. The first-order valence-corrected chi connectivity index (χ1v) is 16.3. The van der Waals surface area contributed by atoms with Crippen LogP contribution in [0.5, 0.6) is 0 Å². The monoisotopic (exact) mass is 635 g/mol. The summed E-state index contributed by atoms with van der Waals surface area (Å²) in [5.41, 5.74) is 11.2. The van der Waals surface area contributed by atoms with Gasteiger partial charge in [-0.1, -0.05) is 72.8 Å². The molecule has 0 fully saturated rings. The van der Waals surface area contributed by atoms with Gasteiger partial charge in [-0.05, 0) is 95.6 Å². The Morgan fingerprint density at radius 2 is 0.860 bits per heavy atom. The molecule has 0 spiro atoms. The van der Waals surface area contributed by atoms with E-state index in [-0.39, 0.29) is 0 Å². The van der Waals surface area contributed by atoms with E-state index in [0.29, 0.717) is 16.7 Å². The molecule has 2 aromatic heterocycles. The molecule has 0 aliphatic carbocycles. The zero-order valence-electron chi connectivity index (χ0n) is 26.7. The molecular weight excluding hydrogens is 611 g/mol. The Hall–Kier alpha value is -7.39. The topological polar surface area (TPSA) is 81.2 Å². The van der Waals surface area contributed by atoms with E-state index in [1.807, 2.05) is 66.7 Å². The van der Waals surface area contributed by atoms with Crippen molar-refractivity contribution < 1.29 is 0 Å². The molecule has 230 valence electrons. The van der Waals surface area contributed by atoms with E-state index in [1.165, 1.54) is 10.8 Å². The third-order valence-electron chi connectivity index (χ3n) is 9.54. The second kappa shape index (κ2) is 11.4. The first kappa shape index (κ1) is 28.8. The number of fused-ring (bicyclic) bond motifs is 6. The van der Waals surface area contributed by atoms with Crippen molar-refractivity contribution in [1.82, 2.24) is 9.13 Å². The van der Waals surface area contributed by atoms with Crippen LogP contribution in [-0.2, 0) is 0 Å². The Morgan fingerprint density at radius 1 is 0.360 bits per heavy atom. The minimum absolute atomic E-state index is 0.506. The number of hydrogen-bond acceptors (Lipinski definition) is 3. The third-order valence-corrected chi connectivity index (χ3v) is 9.54. The molecule has 5 heteroatoms. The number of para-hydroxylation sites is 4. The summed E-state index contributed by atoms with van der Waals surface area (Å²) in [5.74, 6) is 0. The highest BCUT2D eigenvalue weighted by atomic mass is 15.0. The van der Waals surface area contributed by atoms with Gasteiger partial charge < -0.3 is 9.13 Å². The maximum absolute atomic E-state index is 10.3. The molecule has 0 unspecified atom stereocenters. The fourth-order valence-electron chi connectivity index (χ4n) is 7.40. The maximum atomic E-state index is 10.3. The third kappa shape index (κ3) is 4.45. The van der Waals surface area contributed by atoms with Crippen LogP contribution in [0.4, 0.5) is 0 Å². The van der Waals surface area contributed by atoms with Crippen LogP contribution in [0.25, 0.3) is 77.2 Å². The minimum atomic E-state index is 0.506.